The van der Waals surface area contributed by atoms with Crippen molar-refractivity contribution < 1.29 is 28.7 Å². The van der Waals surface area contributed by atoms with Crippen LogP contribution in [0.5, 0.6) is 0 Å². The molecule has 0 spiro atoms. The molecule has 0 atom stereocenters. The van der Waals surface area contributed by atoms with Gasteiger partial charge in [0.25, 0.3) is 0 Å². The topological polar surface area (TPSA) is 34.1 Å². The summed E-state index contributed by atoms with van der Waals surface area (Å²) in [6.07, 6.45) is 0. The third-order valence-corrected chi connectivity index (χ3v) is 0. The zero-order valence-electron chi connectivity index (χ0n) is 3.22. The molecule has 5 heteroatoms. The Balaban J connectivity index is -0.00000000667. The Kier molecular flexibility index (Phi) is 68.1. The fourth-order valence-corrected chi connectivity index (χ4v) is 0. The van der Waals surface area contributed by atoms with Crippen LogP contribution in [0.3, 0.4) is 0 Å². The number of rotatable bonds is 0. The van der Waals surface area contributed by atoms with E-state index in [9.17, 15) is 0 Å². The van der Waals surface area contributed by atoms with Crippen molar-refractivity contribution in [2.24, 2.45) is 0 Å². The van der Waals surface area contributed by atoms with E-state index in [0.717, 1.165) is 0 Å². The molecule has 0 heterocycles. The average molecular weight is 102 g/mol. The van der Waals surface area contributed by atoms with Crippen LogP contribution in [0.4, 0.5) is 0 Å². The Morgan fingerprint density at radius 1 is 1.40 bits per heavy atom. The number of hydrogen-bond donors (Lipinski definition) is 0. The molecule has 0 aliphatic heterocycles. The molecule has 0 unspecified atom stereocenters. The van der Waals surface area contributed by atoms with Gasteiger partial charge >= 0.3 is 30.4 Å². The van der Waals surface area contributed by atoms with Gasteiger partial charge in [0.2, 0.25) is 0 Å². The zero-order valence-corrected chi connectivity index (χ0v) is 3.04. The summed E-state index contributed by atoms with van der Waals surface area (Å²) in [7, 11) is 0. The van der Waals surface area contributed by atoms with E-state index in [2.05, 4.69) is 0 Å². The van der Waals surface area contributed by atoms with Gasteiger partial charge in [0.05, 0.1) is 0 Å². The maximum absolute atomic E-state index is 8.29. The van der Waals surface area contributed by atoms with E-state index in [-0.39, 0.29) is 37.6 Å². The summed E-state index contributed by atoms with van der Waals surface area (Å²) in [5, 5.41) is 0. The van der Waals surface area contributed by atoms with E-state index >= 15 is 0 Å². The first-order valence-corrected chi connectivity index (χ1v) is 1.00. The second-order valence-corrected chi connectivity index (χ2v) is 0.204. The zero-order chi connectivity index (χ0) is 2.71. The molecule has 0 aromatic heterocycles. The first-order valence-electron chi connectivity index (χ1n) is 0.333. The fourth-order valence-electron chi connectivity index (χ4n) is 0. The van der Waals surface area contributed by atoms with E-state index in [1.807, 2.05) is 0 Å². The molecule has 0 aromatic carbocycles. The summed E-state index contributed by atoms with van der Waals surface area (Å²) in [4.78, 5) is 0. The van der Waals surface area contributed by atoms with E-state index in [1.165, 1.54) is 0 Å². The molecular weight excluding hydrogens is 98.0 g/mol. The average Bonchev–Trinajstić information content (AvgIpc) is 0.918. The molecule has 0 N–H and O–H groups in total. The first-order chi connectivity index (χ1) is 1.41. The Morgan fingerprint density at radius 2 is 1.40 bits per heavy atom. The van der Waals surface area contributed by atoms with Gasteiger partial charge in [-0.15, -0.1) is 0 Å². The van der Waals surface area contributed by atoms with Crippen LogP contribution in [0.1, 0.15) is 1.43 Å². The van der Waals surface area contributed by atoms with Crippen LogP contribution in [0.2, 0.25) is 0 Å². The standard InChI is InChI=1S/Al.Li.O2S.4H/c;;1-3-2;;;;/q;+1;;;;;-1. The van der Waals surface area contributed by atoms with E-state index in [4.69, 9.17) is 8.42 Å². The van der Waals surface area contributed by atoms with Crippen molar-refractivity contribution in [3.8, 4) is 0 Å². The SMILES string of the molecule is O=S=O.[AlH3].[H-].[Li+]. The molecule has 5 heavy (non-hydrogen) atoms. The van der Waals surface area contributed by atoms with Crippen molar-refractivity contribution in [3.05, 3.63) is 0 Å². The minimum atomic E-state index is -0.750. The number of hydrogen-bond acceptors (Lipinski definition) is 2. The smallest absolute Gasteiger partial charge is 1.00 e. The Hall–Kier alpha value is 0.950. The second-order valence-electron chi connectivity index (χ2n) is 0.0680. The minimum absolute atomic E-state index is 0. The summed E-state index contributed by atoms with van der Waals surface area (Å²) in [6, 6.07) is 0. The van der Waals surface area contributed by atoms with Crippen molar-refractivity contribution in [2.75, 3.05) is 0 Å². The Morgan fingerprint density at radius 3 is 1.40 bits per heavy atom. The van der Waals surface area contributed by atoms with Gasteiger partial charge in [0.15, 0.2) is 17.4 Å². The molecule has 0 aliphatic carbocycles. The van der Waals surface area contributed by atoms with Gasteiger partial charge in [0, 0.05) is 0 Å². The molecule has 0 bridgehead atoms. The Labute approximate surface area is 57.7 Å². The van der Waals surface area contributed by atoms with Crippen molar-refractivity contribution >= 4 is 28.9 Å². The molecule has 2 nitrogen and oxygen atoms in total. The molecule has 0 aromatic rings. The van der Waals surface area contributed by atoms with Gasteiger partial charge in [-0.05, 0) is 0 Å². The maximum Gasteiger partial charge on any atom is 1.00 e. The van der Waals surface area contributed by atoms with Crippen LogP contribution in [-0.2, 0) is 11.6 Å². The predicted molar refractivity (Wildman–Crippen MR) is 20.0 cm³/mol. The molecule has 0 amide bonds. The van der Waals surface area contributed by atoms with Crippen LogP contribution >= 0.6 is 0 Å². The summed E-state index contributed by atoms with van der Waals surface area (Å²) in [5.74, 6) is 0. The summed E-state index contributed by atoms with van der Waals surface area (Å²) in [5.41, 5.74) is 0. The monoisotopic (exact) mass is 102 g/mol. The second kappa shape index (κ2) is 20.3. The molecule has 26 valence electrons. The third-order valence-electron chi connectivity index (χ3n) is 0. The van der Waals surface area contributed by atoms with Gasteiger partial charge in [-0.1, -0.05) is 0 Å². The van der Waals surface area contributed by atoms with E-state index in [1.54, 1.807) is 0 Å². The minimum Gasteiger partial charge on any atom is -1.00 e. The van der Waals surface area contributed by atoms with Gasteiger partial charge in [-0.25, -0.2) is 0 Å². The molecule has 0 radical (unpaired) electrons. The van der Waals surface area contributed by atoms with Crippen LogP contribution in [0.15, 0.2) is 0 Å². The van der Waals surface area contributed by atoms with Crippen molar-refractivity contribution in [1.82, 2.24) is 0 Å². The Bertz CT molecular complexity index is 34.5. The van der Waals surface area contributed by atoms with E-state index < -0.39 is 11.6 Å². The normalized spacial score (nSPS) is 2.40. The molecule has 0 fully saturated rings. The van der Waals surface area contributed by atoms with Gasteiger partial charge in [-0.3, -0.25) is 0 Å². The van der Waals surface area contributed by atoms with Crippen molar-refractivity contribution in [3.63, 3.8) is 0 Å². The molecule has 0 saturated carbocycles. The van der Waals surface area contributed by atoms with Crippen molar-refractivity contribution in [1.29, 1.82) is 0 Å². The fraction of sp³-hybridized carbons (Fsp3) is 0. The third kappa shape index (κ3) is 47.7. The van der Waals surface area contributed by atoms with Gasteiger partial charge in [0.1, 0.15) is 0 Å². The van der Waals surface area contributed by atoms with Gasteiger partial charge < -0.3 is 1.43 Å². The van der Waals surface area contributed by atoms with Crippen LogP contribution in [0, 0.1) is 0 Å². The summed E-state index contributed by atoms with van der Waals surface area (Å²) in [6.45, 7) is 0. The van der Waals surface area contributed by atoms with Crippen LogP contribution in [0.25, 0.3) is 0 Å². The van der Waals surface area contributed by atoms with Crippen molar-refractivity contribution in [2.45, 2.75) is 0 Å². The maximum atomic E-state index is 8.29. The first kappa shape index (κ1) is 16.8. The van der Waals surface area contributed by atoms with Gasteiger partial charge in [-0.2, -0.15) is 8.42 Å². The quantitative estimate of drug-likeness (QED) is 0.288. The molecule has 0 rings (SSSR count). The van der Waals surface area contributed by atoms with E-state index in [0.29, 0.717) is 0 Å². The van der Waals surface area contributed by atoms with Crippen LogP contribution in [-0.4, -0.2) is 25.8 Å². The predicted octanol–water partition coefficient (Wildman–Crippen LogP) is -4.74. The summed E-state index contributed by atoms with van der Waals surface area (Å²) < 4.78 is 16.6. The van der Waals surface area contributed by atoms with Crippen LogP contribution < -0.4 is 18.9 Å². The molecular formula is H4AlLiO2S. The molecule has 0 aliphatic rings. The molecule has 0 saturated heterocycles. The summed E-state index contributed by atoms with van der Waals surface area (Å²) >= 11 is -0.750. The largest absolute Gasteiger partial charge is 1.00 e.